The van der Waals surface area contributed by atoms with Crippen LogP contribution in [0, 0.1) is 5.92 Å². The van der Waals surface area contributed by atoms with Gasteiger partial charge in [0.2, 0.25) is 0 Å². The Bertz CT molecular complexity index is 315. The molecule has 1 aromatic heterocycles. The van der Waals surface area contributed by atoms with E-state index in [2.05, 4.69) is 34.9 Å². The molecule has 1 fully saturated rings. The minimum atomic E-state index is 0.693. The lowest BCUT2D eigenvalue weighted by atomic mass is 10.2. The van der Waals surface area contributed by atoms with Crippen LogP contribution in [0.4, 0.5) is 0 Å². The maximum atomic E-state index is 4.39. The molecule has 0 aromatic carbocycles. The van der Waals surface area contributed by atoms with Crippen molar-refractivity contribution in [2.75, 3.05) is 6.54 Å². The van der Waals surface area contributed by atoms with Gasteiger partial charge in [-0.15, -0.1) is 0 Å². The molecule has 1 aliphatic rings. The molecule has 0 saturated heterocycles. The molecule has 1 atom stereocenters. The van der Waals surface area contributed by atoms with Gasteiger partial charge < -0.3 is 9.88 Å². The molecule has 3 heteroatoms. The Kier molecular flexibility index (Phi) is 3.99. The van der Waals surface area contributed by atoms with Crippen LogP contribution in [0.15, 0.2) is 12.4 Å². The molecule has 0 aliphatic heterocycles. The molecule has 2 rings (SSSR count). The lowest BCUT2D eigenvalue weighted by Crippen LogP contribution is -2.31. The molecular weight excluding hydrogens is 198 g/mol. The Morgan fingerprint density at radius 3 is 3.06 bits per heavy atom. The molecule has 1 saturated carbocycles. The molecule has 16 heavy (non-hydrogen) atoms. The van der Waals surface area contributed by atoms with Crippen molar-refractivity contribution in [3.63, 3.8) is 0 Å². The predicted molar refractivity (Wildman–Crippen MR) is 66.4 cm³/mol. The van der Waals surface area contributed by atoms with Gasteiger partial charge in [0.1, 0.15) is 5.82 Å². The lowest BCUT2D eigenvalue weighted by molar-refractivity contribution is 0.470. The average molecular weight is 221 g/mol. The van der Waals surface area contributed by atoms with Crippen LogP contribution < -0.4 is 5.32 Å². The van der Waals surface area contributed by atoms with E-state index >= 15 is 0 Å². The highest BCUT2D eigenvalue weighted by Gasteiger charge is 2.27. The van der Waals surface area contributed by atoms with Crippen LogP contribution >= 0.6 is 0 Å². The molecular formula is C13H23N3. The van der Waals surface area contributed by atoms with Crippen molar-refractivity contribution in [3.05, 3.63) is 18.2 Å². The summed E-state index contributed by atoms with van der Waals surface area (Å²) in [4.78, 5) is 4.39. The second kappa shape index (κ2) is 5.48. The summed E-state index contributed by atoms with van der Waals surface area (Å²) in [5.74, 6) is 2.17. The molecule has 0 amide bonds. The molecule has 0 bridgehead atoms. The third-order valence-electron chi connectivity index (χ3n) is 3.42. The van der Waals surface area contributed by atoms with E-state index in [1.165, 1.54) is 25.1 Å². The topological polar surface area (TPSA) is 29.9 Å². The summed E-state index contributed by atoms with van der Waals surface area (Å²) in [7, 11) is 0. The van der Waals surface area contributed by atoms with Gasteiger partial charge in [0, 0.05) is 37.9 Å². The van der Waals surface area contributed by atoms with Crippen molar-refractivity contribution in [1.29, 1.82) is 0 Å². The van der Waals surface area contributed by atoms with Gasteiger partial charge in [0.25, 0.3) is 0 Å². The first-order valence-electron chi connectivity index (χ1n) is 6.54. The Morgan fingerprint density at radius 2 is 2.38 bits per heavy atom. The highest BCUT2D eigenvalue weighted by Crippen LogP contribution is 2.32. The van der Waals surface area contributed by atoms with Gasteiger partial charge in [-0.2, -0.15) is 0 Å². The van der Waals surface area contributed by atoms with E-state index in [0.717, 1.165) is 25.4 Å². The third-order valence-corrected chi connectivity index (χ3v) is 3.42. The number of aromatic nitrogens is 2. The Balaban J connectivity index is 1.73. The molecule has 0 spiro atoms. The SMILES string of the molecule is CCCc1nccn1CCNC(C)C1CC1. The zero-order valence-corrected chi connectivity index (χ0v) is 10.4. The number of aryl methyl sites for hydroxylation is 1. The first-order valence-corrected chi connectivity index (χ1v) is 6.54. The van der Waals surface area contributed by atoms with Crippen molar-refractivity contribution in [2.45, 2.75) is 52.1 Å². The van der Waals surface area contributed by atoms with Crippen LogP contribution in [0.1, 0.15) is 38.9 Å². The van der Waals surface area contributed by atoms with E-state index < -0.39 is 0 Å². The maximum absolute atomic E-state index is 4.39. The Labute approximate surface area is 98.3 Å². The molecule has 3 nitrogen and oxygen atoms in total. The molecule has 1 N–H and O–H groups in total. The van der Waals surface area contributed by atoms with Gasteiger partial charge in [-0.3, -0.25) is 0 Å². The third kappa shape index (κ3) is 3.08. The van der Waals surface area contributed by atoms with Gasteiger partial charge in [-0.1, -0.05) is 6.92 Å². The van der Waals surface area contributed by atoms with Gasteiger partial charge in [-0.25, -0.2) is 4.98 Å². The van der Waals surface area contributed by atoms with Crippen LogP contribution in [-0.4, -0.2) is 22.1 Å². The average Bonchev–Trinajstić information content (AvgIpc) is 3.03. The number of rotatable bonds is 7. The fourth-order valence-electron chi connectivity index (χ4n) is 2.17. The Morgan fingerprint density at radius 1 is 1.56 bits per heavy atom. The van der Waals surface area contributed by atoms with E-state index in [1.54, 1.807) is 0 Å². The fraction of sp³-hybridized carbons (Fsp3) is 0.769. The summed E-state index contributed by atoms with van der Waals surface area (Å²) < 4.78 is 2.27. The Hall–Kier alpha value is -0.830. The second-order valence-corrected chi connectivity index (χ2v) is 4.87. The second-order valence-electron chi connectivity index (χ2n) is 4.87. The summed E-state index contributed by atoms with van der Waals surface area (Å²) in [6.45, 7) is 6.61. The molecule has 1 heterocycles. The van der Waals surface area contributed by atoms with Gasteiger partial charge >= 0.3 is 0 Å². The van der Waals surface area contributed by atoms with Crippen LogP contribution in [-0.2, 0) is 13.0 Å². The quantitative estimate of drug-likeness (QED) is 0.765. The number of hydrogen-bond donors (Lipinski definition) is 1. The normalized spacial score (nSPS) is 17.6. The summed E-state index contributed by atoms with van der Waals surface area (Å²) >= 11 is 0. The van der Waals surface area contributed by atoms with Gasteiger partial charge in [0.15, 0.2) is 0 Å². The number of hydrogen-bond acceptors (Lipinski definition) is 2. The molecule has 1 unspecified atom stereocenters. The minimum absolute atomic E-state index is 0.693. The van der Waals surface area contributed by atoms with E-state index in [0.29, 0.717) is 6.04 Å². The van der Waals surface area contributed by atoms with E-state index in [1.807, 2.05) is 6.20 Å². The monoisotopic (exact) mass is 221 g/mol. The zero-order valence-electron chi connectivity index (χ0n) is 10.4. The van der Waals surface area contributed by atoms with E-state index in [9.17, 15) is 0 Å². The number of nitrogens with zero attached hydrogens (tertiary/aromatic N) is 2. The van der Waals surface area contributed by atoms with Crippen molar-refractivity contribution in [1.82, 2.24) is 14.9 Å². The molecule has 90 valence electrons. The molecule has 1 aliphatic carbocycles. The molecule has 0 radical (unpaired) electrons. The smallest absolute Gasteiger partial charge is 0.108 e. The summed E-state index contributed by atoms with van der Waals surface area (Å²) in [6.07, 6.45) is 9.10. The van der Waals surface area contributed by atoms with Crippen molar-refractivity contribution >= 4 is 0 Å². The fourth-order valence-corrected chi connectivity index (χ4v) is 2.17. The van der Waals surface area contributed by atoms with Crippen LogP contribution in [0.2, 0.25) is 0 Å². The van der Waals surface area contributed by atoms with Crippen molar-refractivity contribution in [2.24, 2.45) is 5.92 Å². The largest absolute Gasteiger partial charge is 0.334 e. The number of nitrogens with one attached hydrogen (secondary N) is 1. The summed E-state index contributed by atoms with van der Waals surface area (Å²) in [5.41, 5.74) is 0. The van der Waals surface area contributed by atoms with Gasteiger partial charge in [0.05, 0.1) is 0 Å². The molecule has 1 aromatic rings. The standard InChI is InChI=1S/C13H23N3/c1-3-4-13-15-8-10-16(13)9-7-14-11(2)12-5-6-12/h8,10-12,14H,3-7,9H2,1-2H3. The summed E-state index contributed by atoms with van der Waals surface area (Å²) in [6, 6.07) is 0.693. The highest BCUT2D eigenvalue weighted by atomic mass is 15.1. The minimum Gasteiger partial charge on any atom is -0.334 e. The first kappa shape index (κ1) is 11.6. The highest BCUT2D eigenvalue weighted by molar-refractivity contribution is 4.92. The van der Waals surface area contributed by atoms with Crippen LogP contribution in [0.3, 0.4) is 0 Å². The van der Waals surface area contributed by atoms with Crippen molar-refractivity contribution < 1.29 is 0 Å². The van der Waals surface area contributed by atoms with Gasteiger partial charge in [-0.05, 0) is 32.1 Å². The van der Waals surface area contributed by atoms with E-state index in [4.69, 9.17) is 0 Å². The van der Waals surface area contributed by atoms with Crippen LogP contribution in [0.25, 0.3) is 0 Å². The lowest BCUT2D eigenvalue weighted by Gasteiger charge is -2.13. The first-order chi connectivity index (χ1) is 7.81. The van der Waals surface area contributed by atoms with E-state index in [-0.39, 0.29) is 0 Å². The van der Waals surface area contributed by atoms with Crippen LogP contribution in [0.5, 0.6) is 0 Å². The van der Waals surface area contributed by atoms with Crippen molar-refractivity contribution in [3.8, 4) is 0 Å². The maximum Gasteiger partial charge on any atom is 0.108 e. The summed E-state index contributed by atoms with van der Waals surface area (Å²) in [5, 5.41) is 3.60. The number of imidazole rings is 1. The zero-order chi connectivity index (χ0) is 11.4. The predicted octanol–water partition coefficient (Wildman–Crippen LogP) is 2.22.